The quantitative estimate of drug-likeness (QED) is 0.121. The molecule has 0 atom stereocenters. The summed E-state index contributed by atoms with van der Waals surface area (Å²) in [7, 11) is 2.10. The van der Waals surface area contributed by atoms with E-state index in [1.807, 2.05) is 6.20 Å². The Balaban J connectivity index is 0.00000672. The van der Waals surface area contributed by atoms with Crippen LogP contribution in [-0.4, -0.2) is 27.0 Å². The van der Waals surface area contributed by atoms with E-state index in [-0.39, 0.29) is 43.7 Å². The average Bonchev–Trinajstić information content (AvgIpc) is 3.85. The Labute approximate surface area is 457 Å². The molecule has 0 radical (unpaired) electrons. The van der Waals surface area contributed by atoms with Gasteiger partial charge in [0.2, 0.25) is 0 Å². The van der Waals surface area contributed by atoms with E-state index in [0.717, 1.165) is 88.4 Å². The number of hydrogen-bond acceptors (Lipinski definition) is 6. The van der Waals surface area contributed by atoms with Crippen molar-refractivity contribution >= 4 is 33.2 Å². The number of anilines is 2. The molecule has 5 nitrogen and oxygen atoms in total. The van der Waals surface area contributed by atoms with Gasteiger partial charge in [0.25, 0.3) is 0 Å². The normalized spacial score (nSPS) is 11.9. The van der Waals surface area contributed by atoms with E-state index in [1.54, 1.807) is 11.3 Å². The van der Waals surface area contributed by atoms with Crippen molar-refractivity contribution in [2.45, 2.75) is 91.9 Å². The molecule has 0 spiro atoms. The molecule has 0 aliphatic heterocycles. The summed E-state index contributed by atoms with van der Waals surface area (Å²) in [5.74, 6) is 1.99. The maximum atomic E-state index is 5.58. The van der Waals surface area contributed by atoms with E-state index in [9.17, 15) is 0 Å². The summed E-state index contributed by atoms with van der Waals surface area (Å²) in [5, 5.41) is 1.10. The van der Waals surface area contributed by atoms with Crippen molar-refractivity contribution in [1.29, 1.82) is 0 Å². The van der Waals surface area contributed by atoms with Gasteiger partial charge < -0.3 is 4.90 Å². The molecule has 0 fully saturated rings. The van der Waals surface area contributed by atoms with Gasteiger partial charge in [-0.25, -0.2) is 4.98 Å². The second-order valence-electron chi connectivity index (χ2n) is 22.0. The Morgan fingerprint density at radius 1 is 0.486 bits per heavy atom. The number of hydrogen-bond donors (Lipinski definition) is 0. The number of thiazole rings is 1. The average molecular weight is 1170 g/mol. The van der Waals surface area contributed by atoms with Crippen molar-refractivity contribution in [3.63, 3.8) is 0 Å². The Bertz CT molecular complexity index is 3520. The topological polar surface area (TPSA) is 54.8 Å². The summed E-state index contributed by atoms with van der Waals surface area (Å²) in [6, 6.07) is 64.8. The Morgan fingerprint density at radius 2 is 1.01 bits per heavy atom. The standard InChI is InChI=1S/C67H64N5S.Pt/c1-42(2)54-34-48(44-22-15-12-16-23-44)35-55(43(3)4)64(54)50-38-58(57-41-51(32-33-68-57)66(5,6)7)70-62(40-50)72(11)61-39-49(37-56(69-61)47-30-31-60-59(36-47)71-65(73-60)67(8,9)10)63-52(45-24-17-13-18-25-45)28-21-29-53(63)46-26-19-14-20-27-46;/h12-29,31-43H,1-11H3;/q-1;. The van der Waals surface area contributed by atoms with Crippen LogP contribution < -0.4 is 4.90 Å². The Morgan fingerprint density at radius 3 is 1.55 bits per heavy atom. The maximum Gasteiger partial charge on any atom is 0.135 e. The third-order valence-electron chi connectivity index (χ3n) is 13.8. The zero-order chi connectivity index (χ0) is 51.2. The summed E-state index contributed by atoms with van der Waals surface area (Å²) in [5.41, 5.74) is 19.3. The number of benzene rings is 6. The van der Waals surface area contributed by atoms with Crippen LogP contribution in [0.2, 0.25) is 0 Å². The zero-order valence-electron chi connectivity index (χ0n) is 44.4. The van der Waals surface area contributed by atoms with Crippen LogP contribution in [0.1, 0.15) is 103 Å². The van der Waals surface area contributed by atoms with Gasteiger partial charge in [-0.1, -0.05) is 197 Å². The molecule has 0 aliphatic carbocycles. The smallest absolute Gasteiger partial charge is 0.135 e. The summed E-state index contributed by atoms with van der Waals surface area (Å²) >= 11 is 1.73. The second kappa shape index (κ2) is 21.2. The van der Waals surface area contributed by atoms with Gasteiger partial charge in [0, 0.05) is 39.7 Å². The Hall–Kier alpha value is -6.85. The van der Waals surface area contributed by atoms with Crippen LogP contribution in [0.3, 0.4) is 0 Å². The van der Waals surface area contributed by atoms with Gasteiger partial charge in [-0.05, 0) is 136 Å². The molecule has 10 aromatic rings. The summed E-state index contributed by atoms with van der Waals surface area (Å²) in [4.78, 5) is 23.5. The molecule has 0 unspecified atom stereocenters. The van der Waals surface area contributed by atoms with Crippen molar-refractivity contribution in [2.24, 2.45) is 0 Å². The molecule has 0 bridgehead atoms. The predicted molar refractivity (Wildman–Crippen MR) is 310 cm³/mol. The minimum absolute atomic E-state index is 0. The fraction of sp³-hybridized carbons (Fsp3) is 0.224. The number of aromatic nitrogens is 4. The third-order valence-corrected chi connectivity index (χ3v) is 15.2. The number of fused-ring (bicyclic) bond motifs is 1. The second-order valence-corrected chi connectivity index (χ2v) is 23.0. The molecule has 0 saturated carbocycles. The van der Waals surface area contributed by atoms with E-state index in [4.69, 9.17) is 19.9 Å². The van der Waals surface area contributed by atoms with Crippen LogP contribution in [0.4, 0.5) is 11.6 Å². The van der Waals surface area contributed by atoms with Crippen molar-refractivity contribution in [1.82, 2.24) is 19.9 Å². The zero-order valence-corrected chi connectivity index (χ0v) is 47.4. The van der Waals surface area contributed by atoms with E-state index in [0.29, 0.717) is 0 Å². The van der Waals surface area contributed by atoms with Crippen molar-refractivity contribution in [2.75, 3.05) is 11.9 Å². The first-order chi connectivity index (χ1) is 35.0. The van der Waals surface area contributed by atoms with Crippen LogP contribution in [0.25, 0.3) is 88.5 Å². The van der Waals surface area contributed by atoms with Gasteiger partial charge >= 0.3 is 0 Å². The molecule has 4 heterocycles. The van der Waals surface area contributed by atoms with Crippen LogP contribution in [0.15, 0.2) is 176 Å². The molecule has 374 valence electrons. The molecule has 4 aromatic heterocycles. The van der Waals surface area contributed by atoms with Gasteiger partial charge in [-0.15, -0.1) is 23.8 Å². The van der Waals surface area contributed by atoms with E-state index >= 15 is 0 Å². The van der Waals surface area contributed by atoms with Crippen molar-refractivity contribution in [3.05, 3.63) is 204 Å². The van der Waals surface area contributed by atoms with Crippen molar-refractivity contribution in [3.8, 4) is 78.3 Å². The van der Waals surface area contributed by atoms with Gasteiger partial charge in [0.15, 0.2) is 0 Å². The summed E-state index contributed by atoms with van der Waals surface area (Å²) in [6.45, 7) is 22.6. The molecule has 74 heavy (non-hydrogen) atoms. The van der Waals surface area contributed by atoms with Crippen LogP contribution in [-0.2, 0) is 31.9 Å². The van der Waals surface area contributed by atoms with E-state index < -0.39 is 0 Å². The Kier molecular flexibility index (Phi) is 14.9. The molecule has 10 rings (SSSR count). The maximum absolute atomic E-state index is 5.58. The molecule has 0 aliphatic rings. The minimum atomic E-state index is -0.0832. The van der Waals surface area contributed by atoms with Gasteiger partial charge in [-0.3, -0.25) is 15.0 Å². The van der Waals surface area contributed by atoms with Crippen molar-refractivity contribution < 1.29 is 21.1 Å². The van der Waals surface area contributed by atoms with E-state index in [1.165, 1.54) is 33.4 Å². The first-order valence-corrected chi connectivity index (χ1v) is 26.4. The summed E-state index contributed by atoms with van der Waals surface area (Å²) < 4.78 is 1.11. The first kappa shape index (κ1) is 52.0. The first-order valence-electron chi connectivity index (χ1n) is 25.6. The van der Waals surface area contributed by atoms with Gasteiger partial charge in [0.05, 0.1) is 16.4 Å². The third kappa shape index (κ3) is 10.7. The predicted octanol–water partition coefficient (Wildman–Crippen LogP) is 18.6. The molecule has 0 amide bonds. The number of pyridine rings is 3. The fourth-order valence-electron chi connectivity index (χ4n) is 9.74. The molecule has 0 saturated heterocycles. The minimum Gasteiger partial charge on any atom is -0.315 e. The summed E-state index contributed by atoms with van der Waals surface area (Å²) in [6.07, 6.45) is 1.92. The molecule has 7 heteroatoms. The molecular formula is C67H64N5PtS-. The SMILES string of the molecule is CC(C)c1cc(-c2ccccc2)cc(C(C)C)c1-c1cc(-c2cc(C(C)(C)C)ccn2)nc(N(C)c2cc(-c3c(-c4ccccc4)cccc3-c3ccccc3)cc(-c3[c-]cc4sc(C(C)(C)C)nc4c3)n2)c1.[Pt]. The molecular weight excluding hydrogens is 1100 g/mol. The van der Waals surface area contributed by atoms with E-state index in [2.05, 4.69) is 257 Å². The molecule has 0 N–H and O–H groups in total. The number of nitrogens with zero attached hydrogens (tertiary/aromatic N) is 5. The van der Waals surface area contributed by atoms with Gasteiger partial charge in [-0.2, -0.15) is 11.3 Å². The number of rotatable bonds is 11. The van der Waals surface area contributed by atoms with Crippen LogP contribution in [0, 0.1) is 6.07 Å². The van der Waals surface area contributed by atoms with Gasteiger partial charge in [0.1, 0.15) is 11.6 Å². The molecule has 6 aromatic carbocycles. The van der Waals surface area contributed by atoms with Crippen LogP contribution in [0.5, 0.6) is 0 Å². The monoisotopic (exact) mass is 1170 g/mol. The largest absolute Gasteiger partial charge is 0.315 e. The fourth-order valence-corrected chi connectivity index (χ4v) is 10.7. The van der Waals surface area contributed by atoms with Crippen LogP contribution >= 0.6 is 11.3 Å².